The third-order valence-electron chi connectivity index (χ3n) is 4.36. The predicted octanol–water partition coefficient (Wildman–Crippen LogP) is 2.22. The molecule has 2 amide bonds. The predicted molar refractivity (Wildman–Crippen MR) is 103 cm³/mol. The average Bonchev–Trinajstić information content (AvgIpc) is 2.72. The first kappa shape index (κ1) is 18.9. The largest absolute Gasteiger partial charge is 0.367 e. The second kappa shape index (κ2) is 8.66. The molecule has 0 aliphatic carbocycles. The number of rotatable bonds is 4. The van der Waals surface area contributed by atoms with Gasteiger partial charge in [0.25, 0.3) is 11.8 Å². The molecule has 27 heavy (non-hydrogen) atoms. The zero-order valence-electron chi connectivity index (χ0n) is 14.5. The van der Waals surface area contributed by atoms with Gasteiger partial charge >= 0.3 is 0 Å². The minimum Gasteiger partial charge on any atom is -0.367 e. The van der Waals surface area contributed by atoms with Crippen molar-refractivity contribution in [2.75, 3.05) is 31.1 Å². The number of carbonyl (C=O) groups excluding carboxylic acids is 2. The zero-order chi connectivity index (χ0) is 19.2. The molecule has 2 N–H and O–H groups in total. The number of benzene rings is 1. The van der Waals surface area contributed by atoms with Crippen LogP contribution in [0.5, 0.6) is 0 Å². The fourth-order valence-electron chi connectivity index (χ4n) is 2.99. The maximum atomic E-state index is 12.6. The summed E-state index contributed by atoms with van der Waals surface area (Å²) in [5, 5.41) is 8.82. The van der Waals surface area contributed by atoms with Gasteiger partial charge in [-0.3, -0.25) is 14.8 Å². The van der Waals surface area contributed by atoms with Crippen molar-refractivity contribution in [3.05, 3.63) is 65.0 Å². The molecule has 1 aromatic heterocycles. The molecular formula is C19H19ClN4O3. The first-order valence-electron chi connectivity index (χ1n) is 8.46. The number of nitrogens with one attached hydrogen (secondary N) is 1. The number of para-hydroxylation sites is 1. The van der Waals surface area contributed by atoms with Gasteiger partial charge in [-0.15, -0.1) is 0 Å². The van der Waals surface area contributed by atoms with E-state index in [9.17, 15) is 9.59 Å². The van der Waals surface area contributed by atoms with Gasteiger partial charge in [0.2, 0.25) is 0 Å². The highest BCUT2D eigenvalue weighted by Crippen LogP contribution is 2.24. The van der Waals surface area contributed by atoms with Crippen molar-refractivity contribution >= 4 is 35.2 Å². The minimum absolute atomic E-state index is 0.124. The Kier molecular flexibility index (Phi) is 6.05. The number of halogens is 1. The summed E-state index contributed by atoms with van der Waals surface area (Å²) < 4.78 is 0. The Morgan fingerprint density at radius 3 is 2.56 bits per heavy atom. The highest BCUT2D eigenvalue weighted by Gasteiger charge is 2.24. The topological polar surface area (TPSA) is 85.8 Å². The maximum Gasteiger partial charge on any atom is 0.267 e. The van der Waals surface area contributed by atoms with Gasteiger partial charge in [-0.25, -0.2) is 10.5 Å². The van der Waals surface area contributed by atoms with Gasteiger partial charge in [-0.1, -0.05) is 29.8 Å². The molecule has 0 bridgehead atoms. The van der Waals surface area contributed by atoms with Crippen LogP contribution < -0.4 is 10.4 Å². The summed E-state index contributed by atoms with van der Waals surface area (Å²) in [6.45, 7) is 2.42. The SMILES string of the molecule is O=C(C=Cc1ccccc1N1CCN(C(=O)c2cccnc2Cl)CC1)NO. The molecular weight excluding hydrogens is 368 g/mol. The first-order chi connectivity index (χ1) is 13.1. The van der Waals surface area contributed by atoms with Crippen molar-refractivity contribution in [1.82, 2.24) is 15.4 Å². The second-order valence-corrected chi connectivity index (χ2v) is 6.35. The molecule has 7 nitrogen and oxygen atoms in total. The van der Waals surface area contributed by atoms with Crippen LogP contribution in [0, 0.1) is 0 Å². The van der Waals surface area contributed by atoms with Crippen molar-refractivity contribution in [2.24, 2.45) is 0 Å². The van der Waals surface area contributed by atoms with E-state index in [1.165, 1.54) is 6.08 Å². The van der Waals surface area contributed by atoms with Crippen LogP contribution in [0.3, 0.4) is 0 Å². The number of hydrogen-bond acceptors (Lipinski definition) is 5. The van der Waals surface area contributed by atoms with Crippen LogP contribution in [-0.2, 0) is 4.79 Å². The van der Waals surface area contributed by atoms with Gasteiger partial charge in [0.05, 0.1) is 5.56 Å². The van der Waals surface area contributed by atoms with Gasteiger partial charge in [0, 0.05) is 44.1 Å². The van der Waals surface area contributed by atoms with Crippen LogP contribution in [0.15, 0.2) is 48.7 Å². The molecule has 1 aliphatic heterocycles. The summed E-state index contributed by atoms with van der Waals surface area (Å²) in [6.07, 6.45) is 4.47. The maximum absolute atomic E-state index is 12.6. The van der Waals surface area contributed by atoms with Crippen molar-refractivity contribution < 1.29 is 14.8 Å². The lowest BCUT2D eigenvalue weighted by atomic mass is 10.1. The molecule has 0 saturated carbocycles. The number of piperazine rings is 1. The van der Waals surface area contributed by atoms with E-state index in [0.717, 1.165) is 11.3 Å². The van der Waals surface area contributed by atoms with Gasteiger partial charge in [-0.2, -0.15) is 0 Å². The molecule has 0 spiro atoms. The number of hydroxylamine groups is 1. The third kappa shape index (κ3) is 4.45. The van der Waals surface area contributed by atoms with Crippen LogP contribution in [0.25, 0.3) is 6.08 Å². The number of pyridine rings is 1. The summed E-state index contributed by atoms with van der Waals surface area (Å²) >= 11 is 6.03. The smallest absolute Gasteiger partial charge is 0.267 e. The zero-order valence-corrected chi connectivity index (χ0v) is 15.3. The molecule has 140 valence electrons. The van der Waals surface area contributed by atoms with E-state index in [4.69, 9.17) is 16.8 Å². The fraction of sp³-hybridized carbons (Fsp3) is 0.211. The molecule has 8 heteroatoms. The number of nitrogens with zero attached hydrogens (tertiary/aromatic N) is 3. The minimum atomic E-state index is -0.589. The van der Waals surface area contributed by atoms with Crippen LogP contribution in [0.1, 0.15) is 15.9 Å². The molecule has 0 atom stereocenters. The van der Waals surface area contributed by atoms with Crippen molar-refractivity contribution in [1.29, 1.82) is 0 Å². The summed E-state index contributed by atoms with van der Waals surface area (Å²) in [4.78, 5) is 31.8. The number of aromatic nitrogens is 1. The highest BCUT2D eigenvalue weighted by atomic mass is 35.5. The Balaban J connectivity index is 1.70. The fourth-order valence-corrected chi connectivity index (χ4v) is 3.19. The normalized spacial score (nSPS) is 14.4. The average molecular weight is 387 g/mol. The van der Waals surface area contributed by atoms with Crippen molar-refractivity contribution in [3.63, 3.8) is 0 Å². The quantitative estimate of drug-likeness (QED) is 0.364. The molecule has 0 radical (unpaired) electrons. The van der Waals surface area contributed by atoms with E-state index in [2.05, 4.69) is 9.88 Å². The Labute approximate surface area is 161 Å². The van der Waals surface area contributed by atoms with Crippen LogP contribution in [-0.4, -0.2) is 53.1 Å². The Morgan fingerprint density at radius 2 is 1.85 bits per heavy atom. The highest BCUT2D eigenvalue weighted by molar-refractivity contribution is 6.32. The van der Waals surface area contributed by atoms with E-state index in [1.807, 2.05) is 24.3 Å². The lowest BCUT2D eigenvalue weighted by Gasteiger charge is -2.36. The summed E-state index contributed by atoms with van der Waals surface area (Å²) in [5.41, 5.74) is 3.80. The van der Waals surface area contributed by atoms with E-state index in [-0.39, 0.29) is 11.1 Å². The Morgan fingerprint density at radius 1 is 1.11 bits per heavy atom. The van der Waals surface area contributed by atoms with Crippen molar-refractivity contribution in [2.45, 2.75) is 0 Å². The summed E-state index contributed by atoms with van der Waals surface area (Å²) in [5.74, 6) is -0.714. The number of hydrogen-bond donors (Lipinski definition) is 2. The van der Waals surface area contributed by atoms with Gasteiger partial charge in [0.1, 0.15) is 5.15 Å². The molecule has 1 aromatic carbocycles. The molecule has 1 fully saturated rings. The lowest BCUT2D eigenvalue weighted by Crippen LogP contribution is -2.49. The molecule has 1 saturated heterocycles. The van der Waals surface area contributed by atoms with Crippen LogP contribution in [0.2, 0.25) is 5.15 Å². The molecule has 0 unspecified atom stereocenters. The first-order valence-corrected chi connectivity index (χ1v) is 8.84. The van der Waals surface area contributed by atoms with Crippen LogP contribution >= 0.6 is 11.6 Å². The van der Waals surface area contributed by atoms with E-state index >= 15 is 0 Å². The number of carbonyl (C=O) groups is 2. The van der Waals surface area contributed by atoms with E-state index < -0.39 is 5.91 Å². The Hall–Kier alpha value is -2.90. The second-order valence-electron chi connectivity index (χ2n) is 5.99. The van der Waals surface area contributed by atoms with E-state index in [1.54, 1.807) is 34.8 Å². The van der Waals surface area contributed by atoms with E-state index in [0.29, 0.717) is 31.7 Å². The monoisotopic (exact) mass is 386 g/mol. The number of anilines is 1. The Bertz CT molecular complexity index is 864. The molecule has 3 rings (SSSR count). The van der Waals surface area contributed by atoms with Crippen molar-refractivity contribution in [3.8, 4) is 0 Å². The summed E-state index contributed by atoms with van der Waals surface area (Å²) in [6, 6.07) is 11.0. The lowest BCUT2D eigenvalue weighted by molar-refractivity contribution is -0.124. The van der Waals surface area contributed by atoms with Gasteiger partial charge in [-0.05, 0) is 29.8 Å². The molecule has 2 heterocycles. The molecule has 1 aliphatic rings. The third-order valence-corrected chi connectivity index (χ3v) is 4.66. The van der Waals surface area contributed by atoms with Gasteiger partial charge in [0.15, 0.2) is 0 Å². The summed E-state index contributed by atoms with van der Waals surface area (Å²) in [7, 11) is 0. The number of amides is 2. The van der Waals surface area contributed by atoms with Crippen LogP contribution in [0.4, 0.5) is 5.69 Å². The standard InChI is InChI=1S/C19H19ClN4O3/c20-18-15(5-3-9-21-18)19(26)24-12-10-23(11-13-24)16-6-2-1-4-14(16)7-8-17(25)22-27/h1-9,27H,10-13H2,(H,22,25). The van der Waals surface area contributed by atoms with Gasteiger partial charge < -0.3 is 9.80 Å². The molecule has 2 aromatic rings.